The number of amides is 2. The molecule has 10 heteroatoms. The van der Waals surface area contributed by atoms with Crippen LogP contribution in [-0.4, -0.2) is 51.4 Å². The van der Waals surface area contributed by atoms with Crippen LogP contribution in [0.4, 0.5) is 10.1 Å². The van der Waals surface area contributed by atoms with E-state index in [4.69, 9.17) is 4.74 Å². The predicted molar refractivity (Wildman–Crippen MR) is 178 cm³/mol. The number of nitrogens with one attached hydrogen (secondary N) is 1. The topological polar surface area (TPSA) is 96.0 Å². The highest BCUT2D eigenvalue weighted by Gasteiger charge is 2.35. The minimum Gasteiger partial charge on any atom is -0.497 e. The van der Waals surface area contributed by atoms with Crippen molar-refractivity contribution in [2.24, 2.45) is 0 Å². The largest absolute Gasteiger partial charge is 0.497 e. The van der Waals surface area contributed by atoms with Crippen molar-refractivity contribution >= 4 is 27.5 Å². The summed E-state index contributed by atoms with van der Waals surface area (Å²) in [7, 11) is -2.79. The van der Waals surface area contributed by atoms with Crippen LogP contribution in [0.1, 0.15) is 36.5 Å². The Morgan fingerprint density at radius 2 is 1.54 bits per heavy atom. The van der Waals surface area contributed by atoms with Crippen molar-refractivity contribution in [1.82, 2.24) is 10.2 Å². The summed E-state index contributed by atoms with van der Waals surface area (Å²) >= 11 is 0. The molecule has 0 unspecified atom stereocenters. The number of benzene rings is 4. The molecule has 0 radical (unpaired) electrons. The molecule has 0 aliphatic heterocycles. The Morgan fingerprint density at radius 1 is 0.891 bits per heavy atom. The first-order chi connectivity index (χ1) is 22.1. The molecular formula is C36H40FN3O5S. The third-order valence-electron chi connectivity index (χ3n) is 7.65. The molecule has 8 nitrogen and oxygen atoms in total. The van der Waals surface area contributed by atoms with Crippen LogP contribution >= 0.6 is 0 Å². The molecular weight excluding hydrogens is 605 g/mol. The number of nitrogens with zero attached hydrogens (tertiary/aromatic N) is 2. The zero-order chi connectivity index (χ0) is 33.1. The van der Waals surface area contributed by atoms with Crippen LogP contribution < -0.4 is 14.4 Å². The Morgan fingerprint density at radius 3 is 2.17 bits per heavy atom. The third-order valence-corrected chi connectivity index (χ3v) is 9.44. The van der Waals surface area contributed by atoms with E-state index in [0.29, 0.717) is 12.3 Å². The lowest BCUT2D eigenvalue weighted by Crippen LogP contribution is -2.53. The number of hydrogen-bond acceptors (Lipinski definition) is 5. The van der Waals surface area contributed by atoms with Gasteiger partial charge in [0.15, 0.2) is 0 Å². The third kappa shape index (κ3) is 8.72. The zero-order valence-electron chi connectivity index (χ0n) is 26.4. The number of methoxy groups -OCH3 is 1. The van der Waals surface area contributed by atoms with E-state index in [2.05, 4.69) is 5.32 Å². The number of carbonyl (C=O) groups is 2. The molecule has 4 aromatic rings. The highest BCUT2D eigenvalue weighted by atomic mass is 32.2. The molecule has 0 saturated carbocycles. The first-order valence-corrected chi connectivity index (χ1v) is 16.7. The maximum Gasteiger partial charge on any atom is 0.264 e. The minimum atomic E-state index is -4.27. The number of unbranched alkanes of at least 4 members (excludes halogenated alkanes) is 1. The lowest BCUT2D eigenvalue weighted by atomic mass is 10.0. The van der Waals surface area contributed by atoms with E-state index in [1.165, 1.54) is 42.3 Å². The minimum absolute atomic E-state index is 0.0412. The average molecular weight is 646 g/mol. The lowest BCUT2D eigenvalue weighted by molar-refractivity contribution is -0.140. The van der Waals surface area contributed by atoms with Crippen molar-refractivity contribution in [3.8, 4) is 5.75 Å². The molecule has 0 spiro atoms. The molecule has 0 aliphatic rings. The Hall–Kier alpha value is -4.70. The van der Waals surface area contributed by atoms with Gasteiger partial charge in [0.05, 0.1) is 17.7 Å². The molecule has 0 fully saturated rings. The highest BCUT2D eigenvalue weighted by Crippen LogP contribution is 2.27. The Labute approximate surface area is 270 Å². The lowest BCUT2D eigenvalue weighted by Gasteiger charge is -2.34. The summed E-state index contributed by atoms with van der Waals surface area (Å²) in [5.74, 6) is -1.12. The molecule has 46 heavy (non-hydrogen) atoms. The van der Waals surface area contributed by atoms with Crippen molar-refractivity contribution in [3.05, 3.63) is 126 Å². The van der Waals surface area contributed by atoms with Gasteiger partial charge in [0.2, 0.25) is 11.8 Å². The van der Waals surface area contributed by atoms with E-state index in [1.807, 2.05) is 44.2 Å². The number of anilines is 1. The van der Waals surface area contributed by atoms with E-state index in [0.717, 1.165) is 28.3 Å². The molecule has 4 rings (SSSR count). The van der Waals surface area contributed by atoms with Crippen molar-refractivity contribution in [3.63, 3.8) is 0 Å². The fraction of sp³-hybridized carbons (Fsp3) is 0.278. The van der Waals surface area contributed by atoms with Gasteiger partial charge in [-0.15, -0.1) is 0 Å². The van der Waals surface area contributed by atoms with Crippen LogP contribution in [0.15, 0.2) is 108 Å². The molecule has 0 bridgehead atoms. The standard InChI is InChI=1S/C36H40FN3O5S/c1-4-5-23-38-36(42)34(24-28-11-7-6-8-12-28)39(25-29-13-9-10-14-33(29)37)35(41)26-40(30-17-15-27(2)16-18-30)46(43,44)32-21-19-31(45-3)20-22-32/h6-22,34H,4-5,23-26H2,1-3H3,(H,38,42)/t34-/m0/s1. The second-order valence-corrected chi connectivity index (χ2v) is 12.8. The second kappa shape index (κ2) is 16.0. The van der Waals surface area contributed by atoms with Gasteiger partial charge in [0.25, 0.3) is 10.0 Å². The van der Waals surface area contributed by atoms with Gasteiger partial charge in [-0.2, -0.15) is 0 Å². The van der Waals surface area contributed by atoms with Gasteiger partial charge in [0, 0.05) is 25.1 Å². The van der Waals surface area contributed by atoms with Gasteiger partial charge in [0.1, 0.15) is 24.2 Å². The molecule has 0 aromatic heterocycles. The number of aryl methyl sites for hydroxylation is 1. The van der Waals surface area contributed by atoms with E-state index in [1.54, 1.807) is 42.5 Å². The van der Waals surface area contributed by atoms with Gasteiger partial charge in [-0.1, -0.05) is 79.6 Å². The molecule has 0 saturated heterocycles. The Kier molecular flexibility index (Phi) is 11.9. The first kappa shape index (κ1) is 34.2. The molecule has 0 aliphatic carbocycles. The van der Waals surface area contributed by atoms with Gasteiger partial charge in [-0.3, -0.25) is 13.9 Å². The number of sulfonamides is 1. The van der Waals surface area contributed by atoms with Gasteiger partial charge < -0.3 is 15.0 Å². The quantitative estimate of drug-likeness (QED) is 0.163. The van der Waals surface area contributed by atoms with Crippen LogP contribution in [0.25, 0.3) is 0 Å². The number of rotatable bonds is 15. The number of hydrogen-bond donors (Lipinski definition) is 1. The van der Waals surface area contributed by atoms with Gasteiger partial charge in [-0.05, 0) is 61.4 Å². The van der Waals surface area contributed by atoms with Crippen LogP contribution in [-0.2, 0) is 32.6 Å². The van der Waals surface area contributed by atoms with Crippen LogP contribution in [0.3, 0.4) is 0 Å². The predicted octanol–water partition coefficient (Wildman–Crippen LogP) is 5.89. The van der Waals surface area contributed by atoms with E-state index >= 15 is 4.39 Å². The summed E-state index contributed by atoms with van der Waals surface area (Å²) in [4.78, 5) is 29.5. The highest BCUT2D eigenvalue weighted by molar-refractivity contribution is 7.92. The van der Waals surface area contributed by atoms with Crippen molar-refractivity contribution in [1.29, 1.82) is 0 Å². The molecule has 1 N–H and O–H groups in total. The van der Waals surface area contributed by atoms with Crippen molar-refractivity contribution in [2.45, 2.75) is 50.6 Å². The second-order valence-electron chi connectivity index (χ2n) is 11.0. The van der Waals surface area contributed by atoms with Crippen LogP contribution in [0.5, 0.6) is 5.75 Å². The van der Waals surface area contributed by atoms with E-state index < -0.39 is 40.2 Å². The van der Waals surface area contributed by atoms with Gasteiger partial charge in [-0.25, -0.2) is 12.8 Å². The van der Waals surface area contributed by atoms with Crippen molar-refractivity contribution in [2.75, 3.05) is 24.5 Å². The molecule has 2 amide bonds. The number of ether oxygens (including phenoxy) is 1. The fourth-order valence-electron chi connectivity index (χ4n) is 4.98. The number of carbonyl (C=O) groups excluding carboxylic acids is 2. The molecule has 4 aromatic carbocycles. The fourth-order valence-corrected chi connectivity index (χ4v) is 6.40. The summed E-state index contributed by atoms with van der Waals surface area (Å²) in [6.45, 7) is 3.42. The maximum absolute atomic E-state index is 15.0. The zero-order valence-corrected chi connectivity index (χ0v) is 27.2. The molecule has 242 valence electrons. The summed E-state index contributed by atoms with van der Waals surface area (Å²) in [6, 6.07) is 26.9. The number of halogens is 1. The Bertz CT molecular complexity index is 1700. The van der Waals surface area contributed by atoms with Crippen LogP contribution in [0.2, 0.25) is 0 Å². The van der Waals surface area contributed by atoms with E-state index in [9.17, 15) is 18.0 Å². The summed E-state index contributed by atoms with van der Waals surface area (Å²) in [5, 5.41) is 2.93. The summed E-state index contributed by atoms with van der Waals surface area (Å²) in [6.07, 6.45) is 1.75. The summed E-state index contributed by atoms with van der Waals surface area (Å²) in [5.41, 5.74) is 2.18. The molecule has 1 atom stereocenters. The van der Waals surface area contributed by atoms with Crippen molar-refractivity contribution < 1.29 is 27.1 Å². The normalized spacial score (nSPS) is 11.8. The Balaban J connectivity index is 1.79. The first-order valence-electron chi connectivity index (χ1n) is 15.2. The average Bonchev–Trinajstić information content (AvgIpc) is 3.07. The monoisotopic (exact) mass is 645 g/mol. The smallest absolute Gasteiger partial charge is 0.264 e. The molecule has 0 heterocycles. The maximum atomic E-state index is 15.0. The van der Waals surface area contributed by atoms with Gasteiger partial charge >= 0.3 is 0 Å². The van der Waals surface area contributed by atoms with E-state index in [-0.39, 0.29) is 29.1 Å². The van der Waals surface area contributed by atoms with Crippen LogP contribution in [0, 0.1) is 12.7 Å². The SMILES string of the molecule is CCCCNC(=O)[C@H](Cc1ccccc1)N(Cc1ccccc1F)C(=O)CN(c1ccc(C)cc1)S(=O)(=O)c1ccc(OC)cc1. The summed E-state index contributed by atoms with van der Waals surface area (Å²) < 4.78 is 49.5.